The molecule has 1 aromatic heterocycles. The normalized spacial score (nSPS) is 11.1. The topological polar surface area (TPSA) is 79.5 Å². The van der Waals surface area contributed by atoms with Gasteiger partial charge in [-0.1, -0.05) is 18.2 Å². The van der Waals surface area contributed by atoms with E-state index >= 15 is 0 Å². The van der Waals surface area contributed by atoms with E-state index in [1.165, 1.54) is 11.4 Å². The summed E-state index contributed by atoms with van der Waals surface area (Å²) in [6.07, 6.45) is 1.67. The van der Waals surface area contributed by atoms with Gasteiger partial charge in [0, 0.05) is 13.2 Å². The lowest BCUT2D eigenvalue weighted by molar-refractivity contribution is 0.0917. The van der Waals surface area contributed by atoms with Crippen molar-refractivity contribution in [3.63, 3.8) is 0 Å². The maximum absolute atomic E-state index is 12.6. The summed E-state index contributed by atoms with van der Waals surface area (Å²) in [5, 5.41) is 0. The molecule has 3 rings (SSSR count). The van der Waals surface area contributed by atoms with Crippen LogP contribution in [0.3, 0.4) is 0 Å². The van der Waals surface area contributed by atoms with E-state index in [-0.39, 0.29) is 17.3 Å². The zero-order chi connectivity index (χ0) is 18.6. The highest BCUT2D eigenvalue weighted by Gasteiger charge is 2.20. The zero-order valence-corrected chi connectivity index (χ0v) is 14.9. The summed E-state index contributed by atoms with van der Waals surface area (Å²) in [5.41, 5.74) is 0.979. The third-order valence-electron chi connectivity index (χ3n) is 3.87. The fraction of sp³-hybridized carbons (Fsp3) is 0.105. The molecule has 0 radical (unpaired) electrons. The fourth-order valence-electron chi connectivity index (χ4n) is 2.37. The minimum Gasteiger partial charge on any atom is -0.485 e. The van der Waals surface area contributed by atoms with Crippen LogP contribution in [-0.4, -0.2) is 32.8 Å². The quantitative estimate of drug-likeness (QED) is 0.648. The molecule has 0 bridgehead atoms. The summed E-state index contributed by atoms with van der Waals surface area (Å²) in [4.78, 5) is 14.9. The number of anilines is 1. The van der Waals surface area contributed by atoms with E-state index in [4.69, 9.17) is 4.74 Å². The number of benzene rings is 2. The number of aromatic nitrogens is 1. The average molecular weight is 370 g/mol. The Hall–Kier alpha value is -3.06. The van der Waals surface area contributed by atoms with Crippen LogP contribution >= 0.6 is 0 Å². The number of ether oxygens (including phenoxy) is 1. The molecule has 0 aliphatic heterocycles. The summed E-state index contributed by atoms with van der Waals surface area (Å²) in [7, 11) is -2.13. The molecule has 1 heterocycles. The van der Waals surface area contributed by atoms with Crippen molar-refractivity contribution in [2.45, 2.75) is 4.90 Å². The second kappa shape index (κ2) is 7.45. The van der Waals surface area contributed by atoms with Gasteiger partial charge in [0.2, 0.25) is 5.78 Å². The smallest absolute Gasteiger partial charge is 0.264 e. The van der Waals surface area contributed by atoms with Crippen LogP contribution < -0.4 is 9.04 Å². The maximum Gasteiger partial charge on any atom is 0.264 e. The van der Waals surface area contributed by atoms with Crippen LogP contribution in [0.4, 0.5) is 5.69 Å². The molecule has 2 aromatic carbocycles. The molecule has 0 aliphatic rings. The lowest BCUT2D eigenvalue weighted by atomic mass is 10.3. The van der Waals surface area contributed by atoms with Crippen molar-refractivity contribution in [3.05, 3.63) is 78.6 Å². The molecule has 134 valence electrons. The number of hydrogen-bond donors (Lipinski definition) is 1. The van der Waals surface area contributed by atoms with Gasteiger partial charge >= 0.3 is 0 Å². The maximum atomic E-state index is 12.6. The molecular formula is C19H18N2O4S. The van der Waals surface area contributed by atoms with E-state index < -0.39 is 10.0 Å². The lowest BCUT2D eigenvalue weighted by Crippen LogP contribution is -2.26. The number of nitrogens with one attached hydrogen (secondary N) is 1. The average Bonchev–Trinajstić information content (AvgIpc) is 3.21. The molecule has 3 aromatic rings. The lowest BCUT2D eigenvalue weighted by Gasteiger charge is -2.19. The summed E-state index contributed by atoms with van der Waals surface area (Å²) in [6.45, 7) is -0.0992. The van der Waals surface area contributed by atoms with Gasteiger partial charge in [-0.3, -0.25) is 9.10 Å². The Morgan fingerprint density at radius 3 is 2.31 bits per heavy atom. The Labute approximate surface area is 152 Å². The molecule has 0 unspecified atom stereocenters. The molecule has 26 heavy (non-hydrogen) atoms. The summed E-state index contributed by atoms with van der Waals surface area (Å²) >= 11 is 0. The van der Waals surface area contributed by atoms with Gasteiger partial charge in [-0.2, -0.15) is 0 Å². The minimum atomic E-state index is -3.63. The number of rotatable bonds is 7. The van der Waals surface area contributed by atoms with Crippen LogP contribution in [0.25, 0.3) is 0 Å². The van der Waals surface area contributed by atoms with Crippen molar-refractivity contribution < 1.29 is 17.9 Å². The van der Waals surface area contributed by atoms with Crippen molar-refractivity contribution >= 4 is 21.5 Å². The molecule has 0 spiro atoms. The molecular weight excluding hydrogens is 352 g/mol. The van der Waals surface area contributed by atoms with Gasteiger partial charge in [-0.05, 0) is 48.5 Å². The second-order valence-electron chi connectivity index (χ2n) is 5.58. The number of sulfonamides is 1. The fourth-order valence-corrected chi connectivity index (χ4v) is 3.59. The summed E-state index contributed by atoms with van der Waals surface area (Å²) in [5.74, 6) is 0.321. The van der Waals surface area contributed by atoms with E-state index in [1.54, 1.807) is 72.9 Å². The first-order valence-electron chi connectivity index (χ1n) is 7.92. The third-order valence-corrected chi connectivity index (χ3v) is 5.67. The van der Waals surface area contributed by atoms with Crippen LogP contribution in [-0.2, 0) is 10.0 Å². The van der Waals surface area contributed by atoms with Crippen molar-refractivity contribution in [2.24, 2.45) is 0 Å². The summed E-state index contributed by atoms with van der Waals surface area (Å²) < 4.78 is 31.9. The SMILES string of the molecule is CN(c1ccc(OCC(=O)c2ccc[nH]2)cc1)S(=O)(=O)c1ccccc1. The molecule has 6 nitrogen and oxygen atoms in total. The van der Waals surface area contributed by atoms with Gasteiger partial charge in [0.15, 0.2) is 6.61 Å². The van der Waals surface area contributed by atoms with E-state index in [9.17, 15) is 13.2 Å². The van der Waals surface area contributed by atoms with Crippen molar-refractivity contribution in [2.75, 3.05) is 18.0 Å². The standard InChI is InChI=1S/C19H18N2O4S/c1-21(26(23,24)17-6-3-2-4-7-17)15-9-11-16(12-10-15)25-14-19(22)18-8-5-13-20-18/h2-13,20H,14H2,1H3. The van der Waals surface area contributed by atoms with Crippen LogP contribution in [0.2, 0.25) is 0 Å². The number of H-pyrrole nitrogens is 1. The van der Waals surface area contributed by atoms with Gasteiger partial charge in [0.25, 0.3) is 10.0 Å². The first-order chi connectivity index (χ1) is 12.5. The number of hydrogen-bond acceptors (Lipinski definition) is 4. The number of carbonyl (C=O) groups excluding carboxylic acids is 1. The highest BCUT2D eigenvalue weighted by atomic mass is 32.2. The first-order valence-corrected chi connectivity index (χ1v) is 9.36. The van der Waals surface area contributed by atoms with Crippen molar-refractivity contribution in [3.8, 4) is 5.75 Å². The Balaban J connectivity index is 1.68. The van der Waals surface area contributed by atoms with Gasteiger partial charge in [0.05, 0.1) is 16.3 Å². The van der Waals surface area contributed by atoms with Crippen LogP contribution in [0.15, 0.2) is 77.8 Å². The zero-order valence-electron chi connectivity index (χ0n) is 14.1. The van der Waals surface area contributed by atoms with Crippen LogP contribution in [0.5, 0.6) is 5.75 Å². The molecule has 0 atom stereocenters. The Kier molecular flexibility index (Phi) is 5.09. The van der Waals surface area contributed by atoms with Gasteiger partial charge < -0.3 is 9.72 Å². The number of Topliss-reactive ketones (excluding diaryl/α,β-unsaturated/α-hetero) is 1. The van der Waals surface area contributed by atoms with E-state index in [2.05, 4.69) is 4.98 Å². The number of nitrogens with zero attached hydrogens (tertiary/aromatic N) is 1. The van der Waals surface area contributed by atoms with Gasteiger partial charge in [-0.15, -0.1) is 0 Å². The van der Waals surface area contributed by atoms with Crippen LogP contribution in [0, 0.1) is 0 Å². The van der Waals surface area contributed by atoms with Gasteiger partial charge in [0.1, 0.15) is 5.75 Å². The predicted octanol–water partition coefficient (Wildman–Crippen LogP) is 3.10. The summed E-state index contributed by atoms with van der Waals surface area (Å²) in [6, 6.07) is 18.2. The Morgan fingerprint density at radius 2 is 1.69 bits per heavy atom. The largest absolute Gasteiger partial charge is 0.485 e. The first kappa shape index (κ1) is 17.8. The van der Waals surface area contributed by atoms with Crippen molar-refractivity contribution in [1.82, 2.24) is 4.98 Å². The number of aromatic amines is 1. The van der Waals surface area contributed by atoms with E-state index in [1.807, 2.05) is 0 Å². The Bertz CT molecular complexity index is 966. The van der Waals surface area contributed by atoms with Crippen molar-refractivity contribution in [1.29, 1.82) is 0 Å². The van der Waals surface area contributed by atoms with E-state index in [0.29, 0.717) is 17.1 Å². The highest BCUT2D eigenvalue weighted by molar-refractivity contribution is 7.92. The van der Waals surface area contributed by atoms with E-state index in [0.717, 1.165) is 0 Å². The molecule has 0 fully saturated rings. The second-order valence-corrected chi connectivity index (χ2v) is 7.54. The highest BCUT2D eigenvalue weighted by Crippen LogP contribution is 2.24. The monoisotopic (exact) mass is 370 g/mol. The molecule has 0 saturated carbocycles. The number of ketones is 1. The molecule has 0 saturated heterocycles. The molecule has 0 amide bonds. The minimum absolute atomic E-state index is 0.0992. The molecule has 7 heteroatoms. The number of carbonyl (C=O) groups is 1. The third kappa shape index (κ3) is 3.78. The molecule has 0 aliphatic carbocycles. The van der Waals surface area contributed by atoms with Crippen LogP contribution in [0.1, 0.15) is 10.5 Å². The molecule has 1 N–H and O–H groups in total. The predicted molar refractivity (Wildman–Crippen MR) is 99.1 cm³/mol. The Morgan fingerprint density at radius 1 is 1.00 bits per heavy atom. The van der Waals surface area contributed by atoms with Gasteiger partial charge in [-0.25, -0.2) is 8.42 Å².